The predicted molar refractivity (Wildman–Crippen MR) is 136 cm³/mol. The number of benzene rings is 2. The van der Waals surface area contributed by atoms with Crippen LogP contribution in [0.4, 0.5) is 4.39 Å². The van der Waals surface area contributed by atoms with Gasteiger partial charge in [0.15, 0.2) is 6.61 Å². The minimum Gasteiger partial charge on any atom is -0.483 e. The molecule has 1 aliphatic rings. The van der Waals surface area contributed by atoms with Gasteiger partial charge in [-0.2, -0.15) is 0 Å². The molecule has 0 radical (unpaired) electrons. The lowest BCUT2D eigenvalue weighted by Gasteiger charge is -2.32. The molecule has 34 heavy (non-hydrogen) atoms. The predicted octanol–water partition coefficient (Wildman–Crippen LogP) is 4.90. The molecule has 1 aliphatic heterocycles. The van der Waals surface area contributed by atoms with Crippen LogP contribution in [-0.2, 0) is 11.3 Å². The Balaban J connectivity index is 1.50. The highest BCUT2D eigenvalue weighted by molar-refractivity contribution is 7.10. The van der Waals surface area contributed by atoms with Crippen molar-refractivity contribution < 1.29 is 13.9 Å². The molecule has 1 saturated heterocycles. The average Bonchev–Trinajstić information content (AvgIpc) is 3.39. The van der Waals surface area contributed by atoms with E-state index in [1.165, 1.54) is 12.1 Å². The second-order valence-electron chi connectivity index (χ2n) is 8.89. The third kappa shape index (κ3) is 6.03. The second-order valence-corrected chi connectivity index (χ2v) is 9.87. The van der Waals surface area contributed by atoms with Crippen LogP contribution in [0.3, 0.4) is 0 Å². The van der Waals surface area contributed by atoms with E-state index in [0.29, 0.717) is 0 Å². The van der Waals surface area contributed by atoms with Crippen LogP contribution in [0.2, 0.25) is 0 Å². The second kappa shape index (κ2) is 11.1. The van der Waals surface area contributed by atoms with Gasteiger partial charge in [-0.25, -0.2) is 4.39 Å². The number of hydrogen-bond donors (Lipinski definition) is 0. The highest BCUT2D eigenvalue weighted by Crippen LogP contribution is 2.29. The number of halogens is 1. The van der Waals surface area contributed by atoms with E-state index in [9.17, 15) is 9.18 Å². The first-order valence-corrected chi connectivity index (χ1v) is 12.5. The number of rotatable bonds is 8. The van der Waals surface area contributed by atoms with Crippen molar-refractivity contribution >= 4 is 17.2 Å². The number of thiophene rings is 1. The maximum absolute atomic E-state index is 13.4. The molecule has 7 heteroatoms. The standard InChI is InChI=1S/C27H32FN3O2S/c1-20(26-5-4-16-34-26)30(3)27(32)19-33-25-11-8-22(21-6-9-24(28)10-7-21)17-23(25)18-31-14-12-29(2)13-15-31/h4-11,16-17,20H,12-15,18-19H2,1-3H3. The van der Waals surface area contributed by atoms with Gasteiger partial charge in [-0.15, -0.1) is 11.3 Å². The molecule has 0 aliphatic carbocycles. The van der Waals surface area contributed by atoms with Gasteiger partial charge in [0.2, 0.25) is 0 Å². The molecule has 1 atom stereocenters. The Hall–Kier alpha value is -2.74. The van der Waals surface area contributed by atoms with E-state index in [1.54, 1.807) is 28.4 Å². The zero-order valence-corrected chi connectivity index (χ0v) is 20.9. The molecule has 0 N–H and O–H groups in total. The van der Waals surface area contributed by atoms with Gasteiger partial charge in [0.1, 0.15) is 11.6 Å². The molecular formula is C27H32FN3O2S. The van der Waals surface area contributed by atoms with E-state index in [2.05, 4.69) is 22.9 Å². The van der Waals surface area contributed by atoms with Gasteiger partial charge in [-0.1, -0.05) is 24.3 Å². The smallest absolute Gasteiger partial charge is 0.260 e. The molecule has 3 aromatic rings. The lowest BCUT2D eigenvalue weighted by molar-refractivity contribution is -0.133. The van der Waals surface area contributed by atoms with E-state index in [-0.39, 0.29) is 24.4 Å². The van der Waals surface area contributed by atoms with Crippen molar-refractivity contribution in [3.63, 3.8) is 0 Å². The topological polar surface area (TPSA) is 36.0 Å². The van der Waals surface area contributed by atoms with Crippen molar-refractivity contribution in [3.05, 3.63) is 76.2 Å². The summed E-state index contributed by atoms with van der Waals surface area (Å²) in [7, 11) is 3.96. The van der Waals surface area contributed by atoms with Crippen molar-refractivity contribution in [2.75, 3.05) is 46.9 Å². The van der Waals surface area contributed by atoms with Crippen molar-refractivity contribution in [2.24, 2.45) is 0 Å². The summed E-state index contributed by atoms with van der Waals surface area (Å²) in [5.41, 5.74) is 2.99. The van der Waals surface area contributed by atoms with Crippen molar-refractivity contribution in [1.82, 2.24) is 14.7 Å². The van der Waals surface area contributed by atoms with Crippen molar-refractivity contribution in [3.8, 4) is 16.9 Å². The maximum atomic E-state index is 13.4. The molecule has 1 unspecified atom stereocenters. The fraction of sp³-hybridized carbons (Fsp3) is 0.370. The first-order valence-electron chi connectivity index (χ1n) is 11.6. The highest BCUT2D eigenvalue weighted by atomic mass is 32.1. The third-order valence-corrected chi connectivity index (χ3v) is 7.55. The minimum atomic E-state index is -0.249. The maximum Gasteiger partial charge on any atom is 0.260 e. The summed E-state index contributed by atoms with van der Waals surface area (Å²) in [5, 5.41) is 2.02. The summed E-state index contributed by atoms with van der Waals surface area (Å²) in [6, 6.07) is 16.6. The van der Waals surface area contributed by atoms with E-state index < -0.39 is 0 Å². The molecule has 1 aromatic heterocycles. The number of nitrogens with zero attached hydrogens (tertiary/aromatic N) is 3. The molecule has 0 bridgehead atoms. The summed E-state index contributed by atoms with van der Waals surface area (Å²) < 4.78 is 19.5. The van der Waals surface area contributed by atoms with Gasteiger partial charge in [0.05, 0.1) is 6.04 Å². The summed E-state index contributed by atoms with van der Waals surface area (Å²) in [4.78, 5) is 20.5. The fourth-order valence-electron chi connectivity index (χ4n) is 4.09. The number of amides is 1. The lowest BCUT2D eigenvalue weighted by atomic mass is 10.0. The zero-order valence-electron chi connectivity index (χ0n) is 20.0. The van der Waals surface area contributed by atoms with Gasteiger partial charge in [-0.05, 0) is 60.8 Å². The van der Waals surface area contributed by atoms with E-state index in [0.717, 1.165) is 60.0 Å². The molecule has 1 fully saturated rings. The Kier molecular flexibility index (Phi) is 7.98. The van der Waals surface area contributed by atoms with Gasteiger partial charge in [-0.3, -0.25) is 9.69 Å². The minimum absolute atomic E-state index is 0.00163. The van der Waals surface area contributed by atoms with Crippen LogP contribution < -0.4 is 4.74 Å². The molecular weight excluding hydrogens is 449 g/mol. The summed E-state index contributed by atoms with van der Waals surface area (Å²) >= 11 is 1.65. The van der Waals surface area contributed by atoms with Gasteiger partial charge < -0.3 is 14.5 Å². The number of carbonyl (C=O) groups excluding carboxylic acids is 1. The van der Waals surface area contributed by atoms with Crippen LogP contribution in [0.1, 0.15) is 23.4 Å². The molecule has 0 saturated carbocycles. The first kappa shape index (κ1) is 24.4. The van der Waals surface area contributed by atoms with Gasteiger partial charge >= 0.3 is 0 Å². The number of likely N-dealkylation sites (N-methyl/N-ethyl adjacent to an activating group) is 2. The van der Waals surface area contributed by atoms with E-state index in [4.69, 9.17) is 4.74 Å². The SMILES string of the molecule is CC(c1cccs1)N(C)C(=O)COc1ccc(-c2ccc(F)cc2)cc1CN1CCN(C)CC1. The highest BCUT2D eigenvalue weighted by Gasteiger charge is 2.20. The quantitative estimate of drug-likeness (QED) is 0.459. The van der Waals surface area contributed by atoms with Crippen LogP contribution in [0.15, 0.2) is 60.0 Å². The number of piperazine rings is 1. The largest absolute Gasteiger partial charge is 0.483 e. The molecule has 4 rings (SSSR count). The Labute approximate surface area is 205 Å². The number of ether oxygens (including phenoxy) is 1. The molecule has 180 valence electrons. The zero-order chi connectivity index (χ0) is 24.1. The normalized spacial score (nSPS) is 15.8. The van der Waals surface area contributed by atoms with Crippen LogP contribution >= 0.6 is 11.3 Å². The monoisotopic (exact) mass is 481 g/mol. The van der Waals surface area contributed by atoms with Crippen LogP contribution in [0, 0.1) is 5.82 Å². The average molecular weight is 482 g/mol. The summed E-state index contributed by atoms with van der Waals surface area (Å²) in [5.74, 6) is 0.408. The summed E-state index contributed by atoms with van der Waals surface area (Å²) in [6.45, 7) is 6.77. The van der Waals surface area contributed by atoms with Crippen molar-refractivity contribution in [2.45, 2.75) is 19.5 Å². The first-order chi connectivity index (χ1) is 16.4. The van der Waals surface area contributed by atoms with Gasteiger partial charge in [0, 0.05) is 50.2 Å². The van der Waals surface area contributed by atoms with Gasteiger partial charge in [0.25, 0.3) is 5.91 Å². The Morgan fingerprint density at radius 3 is 2.47 bits per heavy atom. The molecule has 0 spiro atoms. The van der Waals surface area contributed by atoms with Crippen molar-refractivity contribution in [1.29, 1.82) is 0 Å². The molecule has 1 amide bonds. The molecule has 5 nitrogen and oxygen atoms in total. The van der Waals surface area contributed by atoms with Crippen LogP contribution in [0.25, 0.3) is 11.1 Å². The van der Waals surface area contributed by atoms with Crippen LogP contribution in [-0.4, -0.2) is 67.5 Å². The molecule has 2 heterocycles. The van der Waals surface area contributed by atoms with Crippen LogP contribution in [0.5, 0.6) is 5.75 Å². The van der Waals surface area contributed by atoms with E-state index >= 15 is 0 Å². The summed E-state index contributed by atoms with van der Waals surface area (Å²) in [6.07, 6.45) is 0. The Morgan fingerprint density at radius 1 is 1.09 bits per heavy atom. The Morgan fingerprint density at radius 2 is 1.79 bits per heavy atom. The number of carbonyl (C=O) groups is 1. The molecule has 2 aromatic carbocycles. The fourth-order valence-corrected chi connectivity index (χ4v) is 4.92. The third-order valence-electron chi connectivity index (χ3n) is 6.51. The van der Waals surface area contributed by atoms with E-state index in [1.807, 2.05) is 43.6 Å². The lowest BCUT2D eigenvalue weighted by Crippen LogP contribution is -2.43. The number of hydrogen-bond acceptors (Lipinski definition) is 5. The Bertz CT molecular complexity index is 1080.